The second-order valence-corrected chi connectivity index (χ2v) is 4.99. The van der Waals surface area contributed by atoms with E-state index in [1.54, 1.807) is 0 Å². The highest BCUT2D eigenvalue weighted by atomic mass is 16.5. The summed E-state index contributed by atoms with van der Waals surface area (Å²) in [6, 6.07) is 16.0. The number of aliphatic hydroxyl groups is 1. The van der Waals surface area contributed by atoms with Gasteiger partial charge < -0.3 is 9.84 Å². The molecule has 0 saturated heterocycles. The van der Waals surface area contributed by atoms with Crippen molar-refractivity contribution in [3.8, 4) is 5.75 Å². The first-order valence-corrected chi connectivity index (χ1v) is 7.16. The lowest BCUT2D eigenvalue weighted by molar-refractivity contribution is 0.167. The molecule has 0 fully saturated rings. The lowest BCUT2D eigenvalue weighted by Gasteiger charge is -2.13. The van der Waals surface area contributed by atoms with E-state index in [0.717, 1.165) is 24.2 Å². The second kappa shape index (κ2) is 7.11. The summed E-state index contributed by atoms with van der Waals surface area (Å²) in [5.74, 6) is 0.819. The molecule has 2 nitrogen and oxygen atoms in total. The third kappa shape index (κ3) is 3.84. The van der Waals surface area contributed by atoms with Gasteiger partial charge in [-0.05, 0) is 55.5 Å². The molecule has 0 heterocycles. The van der Waals surface area contributed by atoms with Crippen molar-refractivity contribution in [3.63, 3.8) is 0 Å². The molecule has 1 N–H and O–H groups in total. The summed E-state index contributed by atoms with van der Waals surface area (Å²) in [7, 11) is 0. The van der Waals surface area contributed by atoms with E-state index in [1.165, 1.54) is 11.1 Å². The van der Waals surface area contributed by atoms with Crippen molar-refractivity contribution < 1.29 is 9.84 Å². The number of aryl methyl sites for hydroxylation is 2. The molecule has 0 aromatic heterocycles. The highest BCUT2D eigenvalue weighted by Gasteiger charge is 2.09. The minimum absolute atomic E-state index is 0.449. The summed E-state index contributed by atoms with van der Waals surface area (Å²) in [5.41, 5.74) is 3.50. The van der Waals surface area contributed by atoms with E-state index < -0.39 is 6.10 Å². The van der Waals surface area contributed by atoms with Gasteiger partial charge in [-0.3, -0.25) is 0 Å². The quantitative estimate of drug-likeness (QED) is 0.857. The average molecular weight is 270 g/mol. The fourth-order valence-corrected chi connectivity index (χ4v) is 2.33. The zero-order valence-electron chi connectivity index (χ0n) is 12.2. The van der Waals surface area contributed by atoms with Crippen LogP contribution in [0.25, 0.3) is 0 Å². The molecule has 1 atom stereocenters. The number of ether oxygens (including phenoxy) is 1. The molecule has 0 bridgehead atoms. The van der Waals surface area contributed by atoms with Gasteiger partial charge in [0.05, 0.1) is 12.7 Å². The molecule has 106 valence electrons. The van der Waals surface area contributed by atoms with Gasteiger partial charge >= 0.3 is 0 Å². The maximum atomic E-state index is 10.3. The van der Waals surface area contributed by atoms with Crippen molar-refractivity contribution in [2.75, 3.05) is 6.61 Å². The third-order valence-corrected chi connectivity index (χ3v) is 3.50. The molecule has 20 heavy (non-hydrogen) atoms. The van der Waals surface area contributed by atoms with E-state index in [2.05, 4.69) is 19.1 Å². The van der Waals surface area contributed by atoms with Gasteiger partial charge in [-0.1, -0.05) is 36.4 Å². The predicted octanol–water partition coefficient (Wildman–Crippen LogP) is 4.06. The molecule has 0 saturated carbocycles. The van der Waals surface area contributed by atoms with E-state index in [9.17, 15) is 5.11 Å². The molecular weight excluding hydrogens is 248 g/mol. The van der Waals surface area contributed by atoms with Crippen LogP contribution >= 0.6 is 0 Å². The minimum Gasteiger partial charge on any atom is -0.494 e. The zero-order valence-corrected chi connectivity index (χ0v) is 12.2. The number of aliphatic hydroxyl groups excluding tert-OH is 1. The summed E-state index contributed by atoms with van der Waals surface area (Å²) in [5, 5.41) is 10.3. The monoisotopic (exact) mass is 270 g/mol. The lowest BCUT2D eigenvalue weighted by atomic mass is 9.98. The number of hydrogen-bond donors (Lipinski definition) is 1. The summed E-state index contributed by atoms with van der Waals surface area (Å²) >= 11 is 0. The van der Waals surface area contributed by atoms with Crippen molar-refractivity contribution in [2.45, 2.75) is 32.8 Å². The zero-order chi connectivity index (χ0) is 14.4. The van der Waals surface area contributed by atoms with Crippen LogP contribution in [0.1, 0.15) is 36.1 Å². The Morgan fingerprint density at radius 2 is 1.90 bits per heavy atom. The maximum Gasteiger partial charge on any atom is 0.119 e. The Morgan fingerprint density at radius 3 is 2.65 bits per heavy atom. The number of benzene rings is 2. The van der Waals surface area contributed by atoms with E-state index in [1.807, 2.05) is 43.3 Å². The molecule has 0 amide bonds. The van der Waals surface area contributed by atoms with E-state index in [0.29, 0.717) is 6.61 Å². The first kappa shape index (κ1) is 14.6. The van der Waals surface area contributed by atoms with Gasteiger partial charge in [-0.25, -0.2) is 0 Å². The highest BCUT2D eigenvalue weighted by Crippen LogP contribution is 2.23. The Balaban J connectivity index is 1.99. The molecule has 2 heteroatoms. The third-order valence-electron chi connectivity index (χ3n) is 3.50. The van der Waals surface area contributed by atoms with Crippen LogP contribution in [0.3, 0.4) is 0 Å². The van der Waals surface area contributed by atoms with Crippen LogP contribution < -0.4 is 4.74 Å². The Kier molecular flexibility index (Phi) is 5.19. The molecule has 2 rings (SSSR count). The second-order valence-electron chi connectivity index (χ2n) is 4.99. The molecule has 0 spiro atoms. The summed E-state index contributed by atoms with van der Waals surface area (Å²) in [4.78, 5) is 0. The van der Waals surface area contributed by atoms with Gasteiger partial charge in [0.25, 0.3) is 0 Å². The maximum absolute atomic E-state index is 10.3. The fourth-order valence-electron chi connectivity index (χ4n) is 2.33. The Hall–Kier alpha value is -1.80. The standard InChI is InChI=1S/C18H22O2/c1-3-20-17-10-6-9-16(13-17)18(19)12-11-15-8-5-4-7-14(15)2/h4-10,13,18-19H,3,11-12H2,1-2H3. The Labute approximate surface area is 121 Å². The molecule has 0 aliphatic rings. The molecular formula is C18H22O2. The van der Waals surface area contributed by atoms with Crippen LogP contribution in [-0.2, 0) is 6.42 Å². The summed E-state index contributed by atoms with van der Waals surface area (Å²) < 4.78 is 5.47. The predicted molar refractivity (Wildman–Crippen MR) is 82.1 cm³/mol. The van der Waals surface area contributed by atoms with Crippen LogP contribution in [0.4, 0.5) is 0 Å². The minimum atomic E-state index is -0.449. The average Bonchev–Trinajstić information content (AvgIpc) is 2.47. The smallest absolute Gasteiger partial charge is 0.119 e. The SMILES string of the molecule is CCOc1cccc(C(O)CCc2ccccc2C)c1. The molecule has 1 unspecified atom stereocenters. The largest absolute Gasteiger partial charge is 0.494 e. The summed E-state index contributed by atoms with van der Waals surface area (Å²) in [6.45, 7) is 4.71. The van der Waals surface area contributed by atoms with Gasteiger partial charge in [-0.2, -0.15) is 0 Å². The van der Waals surface area contributed by atoms with E-state index in [-0.39, 0.29) is 0 Å². The van der Waals surface area contributed by atoms with Crippen LogP contribution in [0.15, 0.2) is 48.5 Å². The van der Waals surface area contributed by atoms with Gasteiger partial charge in [0.2, 0.25) is 0 Å². The van der Waals surface area contributed by atoms with Crippen LogP contribution in [0.2, 0.25) is 0 Å². The summed E-state index contributed by atoms with van der Waals surface area (Å²) in [6.07, 6.45) is 1.16. The topological polar surface area (TPSA) is 29.5 Å². The molecule has 2 aromatic rings. The molecule has 0 aliphatic heterocycles. The Bertz CT molecular complexity index is 549. The van der Waals surface area contributed by atoms with Crippen molar-refractivity contribution in [1.82, 2.24) is 0 Å². The lowest BCUT2D eigenvalue weighted by Crippen LogP contribution is -2.01. The Morgan fingerprint density at radius 1 is 1.10 bits per heavy atom. The van der Waals surface area contributed by atoms with Gasteiger partial charge in [0, 0.05) is 0 Å². The van der Waals surface area contributed by atoms with Crippen molar-refractivity contribution in [1.29, 1.82) is 0 Å². The van der Waals surface area contributed by atoms with Crippen molar-refractivity contribution in [2.24, 2.45) is 0 Å². The molecule has 2 aromatic carbocycles. The molecule has 0 radical (unpaired) electrons. The number of rotatable bonds is 6. The normalized spacial score (nSPS) is 12.2. The van der Waals surface area contributed by atoms with Crippen LogP contribution in [0.5, 0.6) is 5.75 Å². The van der Waals surface area contributed by atoms with Crippen LogP contribution in [-0.4, -0.2) is 11.7 Å². The fraction of sp³-hybridized carbons (Fsp3) is 0.333. The number of hydrogen-bond acceptors (Lipinski definition) is 2. The first-order valence-electron chi connectivity index (χ1n) is 7.16. The van der Waals surface area contributed by atoms with Gasteiger partial charge in [0.1, 0.15) is 5.75 Å². The highest BCUT2D eigenvalue weighted by molar-refractivity contribution is 5.30. The van der Waals surface area contributed by atoms with Gasteiger partial charge in [0.15, 0.2) is 0 Å². The van der Waals surface area contributed by atoms with E-state index in [4.69, 9.17) is 4.74 Å². The first-order chi connectivity index (χ1) is 9.70. The molecule has 0 aliphatic carbocycles. The van der Waals surface area contributed by atoms with Crippen LogP contribution in [0, 0.1) is 6.92 Å². The van der Waals surface area contributed by atoms with E-state index >= 15 is 0 Å². The van der Waals surface area contributed by atoms with Crippen molar-refractivity contribution >= 4 is 0 Å². The van der Waals surface area contributed by atoms with Crippen molar-refractivity contribution in [3.05, 3.63) is 65.2 Å². The van der Waals surface area contributed by atoms with Gasteiger partial charge in [-0.15, -0.1) is 0 Å².